The van der Waals surface area contributed by atoms with Gasteiger partial charge in [0, 0.05) is 13.1 Å². The zero-order valence-electron chi connectivity index (χ0n) is 11.1. The summed E-state index contributed by atoms with van der Waals surface area (Å²) in [7, 11) is 0. The molecule has 0 N–H and O–H groups in total. The molecule has 0 unspecified atom stereocenters. The van der Waals surface area contributed by atoms with Gasteiger partial charge in [-0.2, -0.15) is 15.0 Å². The highest BCUT2D eigenvalue weighted by Gasteiger charge is 2.16. The van der Waals surface area contributed by atoms with Gasteiger partial charge in [0.2, 0.25) is 11.2 Å². The van der Waals surface area contributed by atoms with Crippen LogP contribution >= 0.6 is 11.6 Å². The van der Waals surface area contributed by atoms with Crippen LogP contribution in [-0.4, -0.2) is 28.0 Å². The molecule has 20 heavy (non-hydrogen) atoms. The molecular weight excluding hydrogens is 286 g/mol. The number of hydrogen-bond donors (Lipinski definition) is 0. The fraction of sp³-hybridized carbons (Fsp3) is 0.308. The van der Waals surface area contributed by atoms with Crippen LogP contribution in [0.5, 0.6) is 0 Å². The van der Waals surface area contributed by atoms with Crippen LogP contribution in [-0.2, 0) is 0 Å². The molecule has 0 bridgehead atoms. The van der Waals surface area contributed by atoms with Crippen LogP contribution in [0.15, 0.2) is 18.2 Å². The molecule has 0 saturated carbocycles. The molecule has 0 spiro atoms. The monoisotopic (exact) mass is 298 g/mol. The number of anilines is 1. The number of halogens is 3. The Morgan fingerprint density at radius 3 is 2.45 bits per heavy atom. The number of hydrogen-bond acceptors (Lipinski definition) is 4. The third-order valence-electron chi connectivity index (χ3n) is 2.84. The molecule has 2 aromatic rings. The highest BCUT2D eigenvalue weighted by molar-refractivity contribution is 6.28. The summed E-state index contributed by atoms with van der Waals surface area (Å²) in [5.74, 6) is -1.60. The Labute approximate surface area is 120 Å². The van der Waals surface area contributed by atoms with Crippen molar-refractivity contribution >= 4 is 17.5 Å². The topological polar surface area (TPSA) is 41.9 Å². The lowest BCUT2D eigenvalue weighted by Crippen LogP contribution is -2.24. The minimum Gasteiger partial charge on any atom is -0.341 e. The van der Waals surface area contributed by atoms with E-state index in [4.69, 9.17) is 11.6 Å². The summed E-state index contributed by atoms with van der Waals surface area (Å²) in [6.07, 6.45) is 0. The number of rotatable bonds is 4. The van der Waals surface area contributed by atoms with Gasteiger partial charge in [0.15, 0.2) is 17.5 Å². The summed E-state index contributed by atoms with van der Waals surface area (Å²) in [5, 5.41) is -0.0550. The molecular formula is C13H13ClF2N4. The average Bonchev–Trinajstić information content (AvgIpc) is 2.42. The minimum atomic E-state index is -1.000. The van der Waals surface area contributed by atoms with Gasteiger partial charge < -0.3 is 4.90 Å². The van der Waals surface area contributed by atoms with E-state index in [0.717, 1.165) is 6.07 Å². The van der Waals surface area contributed by atoms with Crippen LogP contribution in [0.1, 0.15) is 13.8 Å². The van der Waals surface area contributed by atoms with E-state index < -0.39 is 11.6 Å². The van der Waals surface area contributed by atoms with Crippen molar-refractivity contribution in [1.82, 2.24) is 15.0 Å². The van der Waals surface area contributed by atoms with Crippen molar-refractivity contribution in [2.24, 2.45) is 0 Å². The first-order valence-corrected chi connectivity index (χ1v) is 6.55. The normalized spacial score (nSPS) is 10.7. The Bertz CT molecular complexity index is 617. The molecule has 0 radical (unpaired) electrons. The van der Waals surface area contributed by atoms with Crippen LogP contribution in [0.3, 0.4) is 0 Å². The SMILES string of the molecule is CCN(CC)c1nc(Cl)nc(-c2cccc(F)c2F)n1. The second kappa shape index (κ2) is 6.09. The van der Waals surface area contributed by atoms with E-state index in [9.17, 15) is 8.78 Å². The van der Waals surface area contributed by atoms with Gasteiger partial charge in [0.1, 0.15) is 0 Å². The highest BCUT2D eigenvalue weighted by Crippen LogP contribution is 2.23. The van der Waals surface area contributed by atoms with Crippen LogP contribution in [0.25, 0.3) is 11.4 Å². The first-order valence-electron chi connectivity index (χ1n) is 6.17. The first-order chi connectivity index (χ1) is 9.56. The zero-order valence-corrected chi connectivity index (χ0v) is 11.8. The third-order valence-corrected chi connectivity index (χ3v) is 3.00. The molecule has 0 fully saturated rings. The Balaban J connectivity index is 2.55. The van der Waals surface area contributed by atoms with Gasteiger partial charge in [0.25, 0.3) is 0 Å². The Kier molecular flexibility index (Phi) is 4.44. The molecule has 0 atom stereocenters. The number of benzene rings is 1. The summed E-state index contributed by atoms with van der Waals surface area (Å²) in [4.78, 5) is 13.9. The van der Waals surface area contributed by atoms with E-state index in [1.807, 2.05) is 18.7 Å². The molecule has 0 aliphatic carbocycles. The molecule has 1 aromatic carbocycles. The van der Waals surface area contributed by atoms with Crippen LogP contribution in [0.4, 0.5) is 14.7 Å². The van der Waals surface area contributed by atoms with Gasteiger partial charge in [-0.05, 0) is 37.6 Å². The smallest absolute Gasteiger partial charge is 0.230 e. The fourth-order valence-electron chi connectivity index (χ4n) is 1.78. The zero-order chi connectivity index (χ0) is 14.7. The molecule has 1 aromatic heterocycles. The van der Waals surface area contributed by atoms with Crippen LogP contribution in [0, 0.1) is 11.6 Å². The lowest BCUT2D eigenvalue weighted by molar-refractivity contribution is 0.510. The first kappa shape index (κ1) is 14.6. The molecule has 4 nitrogen and oxygen atoms in total. The number of aromatic nitrogens is 3. The molecule has 106 valence electrons. The van der Waals surface area contributed by atoms with E-state index in [1.54, 1.807) is 0 Å². The van der Waals surface area contributed by atoms with Crippen molar-refractivity contribution in [1.29, 1.82) is 0 Å². The lowest BCUT2D eigenvalue weighted by Gasteiger charge is -2.18. The van der Waals surface area contributed by atoms with Crippen LogP contribution < -0.4 is 4.90 Å². The van der Waals surface area contributed by atoms with Crippen molar-refractivity contribution in [3.8, 4) is 11.4 Å². The quantitative estimate of drug-likeness (QED) is 0.868. The summed E-state index contributed by atoms with van der Waals surface area (Å²) in [6.45, 7) is 5.21. The van der Waals surface area contributed by atoms with Crippen LogP contribution in [0.2, 0.25) is 5.28 Å². The Morgan fingerprint density at radius 1 is 1.10 bits per heavy atom. The van der Waals surface area contributed by atoms with Crippen molar-refractivity contribution < 1.29 is 8.78 Å². The molecule has 7 heteroatoms. The molecule has 1 heterocycles. The third kappa shape index (κ3) is 2.85. The van der Waals surface area contributed by atoms with Crippen molar-refractivity contribution in [2.45, 2.75) is 13.8 Å². The van der Waals surface area contributed by atoms with Crippen molar-refractivity contribution in [2.75, 3.05) is 18.0 Å². The standard InChI is InChI=1S/C13H13ClF2N4/c1-3-20(4-2)13-18-11(17-12(14)19-13)8-6-5-7-9(15)10(8)16/h5-7H,3-4H2,1-2H3. The Hall–Kier alpha value is -1.82. The van der Waals surface area contributed by atoms with E-state index >= 15 is 0 Å². The second-order valence-electron chi connectivity index (χ2n) is 4.00. The maximum Gasteiger partial charge on any atom is 0.230 e. The average molecular weight is 299 g/mol. The second-order valence-corrected chi connectivity index (χ2v) is 4.34. The van der Waals surface area contributed by atoms with Gasteiger partial charge in [-0.15, -0.1) is 0 Å². The fourth-order valence-corrected chi connectivity index (χ4v) is 1.94. The summed E-state index contributed by atoms with van der Waals surface area (Å²) in [6, 6.07) is 3.82. The molecule has 2 rings (SSSR count). The maximum absolute atomic E-state index is 13.8. The van der Waals surface area contributed by atoms with Gasteiger partial charge in [-0.25, -0.2) is 8.78 Å². The molecule has 0 amide bonds. The minimum absolute atomic E-state index is 0.0175. The van der Waals surface area contributed by atoms with Gasteiger partial charge in [-0.3, -0.25) is 0 Å². The summed E-state index contributed by atoms with van der Waals surface area (Å²) < 4.78 is 27.1. The lowest BCUT2D eigenvalue weighted by atomic mass is 10.2. The summed E-state index contributed by atoms with van der Waals surface area (Å²) in [5.41, 5.74) is -0.0392. The Morgan fingerprint density at radius 2 is 1.80 bits per heavy atom. The highest BCUT2D eigenvalue weighted by atomic mass is 35.5. The predicted octanol–water partition coefficient (Wildman–Crippen LogP) is 3.32. The predicted molar refractivity (Wildman–Crippen MR) is 73.8 cm³/mol. The van der Waals surface area contributed by atoms with E-state index in [1.165, 1.54) is 12.1 Å². The molecule has 0 aliphatic rings. The molecule has 0 saturated heterocycles. The van der Waals surface area contributed by atoms with Gasteiger partial charge in [-0.1, -0.05) is 6.07 Å². The van der Waals surface area contributed by atoms with E-state index in [2.05, 4.69) is 15.0 Å². The van der Waals surface area contributed by atoms with Gasteiger partial charge >= 0.3 is 0 Å². The maximum atomic E-state index is 13.8. The number of nitrogens with zero attached hydrogens (tertiary/aromatic N) is 4. The van der Waals surface area contributed by atoms with E-state index in [0.29, 0.717) is 19.0 Å². The van der Waals surface area contributed by atoms with Crippen molar-refractivity contribution in [3.05, 3.63) is 35.1 Å². The van der Waals surface area contributed by atoms with E-state index in [-0.39, 0.29) is 16.7 Å². The van der Waals surface area contributed by atoms with Crippen molar-refractivity contribution in [3.63, 3.8) is 0 Å². The largest absolute Gasteiger partial charge is 0.341 e. The summed E-state index contributed by atoms with van der Waals surface area (Å²) >= 11 is 5.84. The van der Waals surface area contributed by atoms with Gasteiger partial charge in [0.05, 0.1) is 5.56 Å². The molecule has 0 aliphatic heterocycles.